The average molecular weight is 324 g/mol. The lowest BCUT2D eigenvalue weighted by Gasteiger charge is -2.07. The van der Waals surface area contributed by atoms with E-state index >= 15 is 0 Å². The molecule has 0 aliphatic carbocycles. The third-order valence-electron chi connectivity index (χ3n) is 3.81. The molecule has 4 nitrogen and oxygen atoms in total. The van der Waals surface area contributed by atoms with Crippen LogP contribution in [0.4, 0.5) is 0 Å². The molecular weight excluding hydrogens is 300 g/mol. The highest BCUT2D eigenvalue weighted by molar-refractivity contribution is 5.82. The largest absolute Gasteiger partial charge is 0.496 e. The molecule has 0 saturated carbocycles. The number of hydrogen-bond donors (Lipinski definition) is 1. The maximum atomic E-state index is 11.8. The molecule has 0 bridgehead atoms. The number of amides is 1. The van der Waals surface area contributed by atoms with Crippen molar-refractivity contribution in [3.8, 4) is 5.75 Å². The van der Waals surface area contributed by atoms with Crippen LogP contribution in [0.2, 0.25) is 0 Å². The van der Waals surface area contributed by atoms with Crippen molar-refractivity contribution < 1.29 is 9.53 Å². The summed E-state index contributed by atoms with van der Waals surface area (Å²) in [5, 5.41) is 3.99. The number of benzene rings is 2. The lowest BCUT2D eigenvalue weighted by Crippen LogP contribution is -2.17. The Hall–Kier alpha value is -2.62. The van der Waals surface area contributed by atoms with Crippen molar-refractivity contribution in [3.05, 3.63) is 64.7 Å². The normalized spacial score (nSPS) is 10.8. The summed E-state index contributed by atoms with van der Waals surface area (Å²) in [5.41, 5.74) is 7.06. The van der Waals surface area contributed by atoms with Crippen LogP contribution in [0.1, 0.15) is 35.1 Å². The number of aryl methyl sites for hydroxylation is 3. The number of hydrogen-bond acceptors (Lipinski definition) is 3. The fourth-order valence-corrected chi connectivity index (χ4v) is 2.44. The van der Waals surface area contributed by atoms with Gasteiger partial charge in [-0.05, 0) is 49.4 Å². The van der Waals surface area contributed by atoms with Gasteiger partial charge in [0, 0.05) is 6.42 Å². The van der Waals surface area contributed by atoms with Gasteiger partial charge in [-0.3, -0.25) is 4.79 Å². The highest BCUT2D eigenvalue weighted by atomic mass is 16.5. The molecule has 0 aliphatic heterocycles. The van der Waals surface area contributed by atoms with Gasteiger partial charge < -0.3 is 4.74 Å². The zero-order valence-electron chi connectivity index (χ0n) is 14.5. The average Bonchev–Trinajstić information content (AvgIpc) is 2.57. The van der Waals surface area contributed by atoms with Crippen LogP contribution in [0.25, 0.3) is 0 Å². The van der Waals surface area contributed by atoms with Gasteiger partial charge in [-0.1, -0.05) is 42.0 Å². The molecule has 0 unspecified atom stereocenters. The van der Waals surface area contributed by atoms with E-state index in [9.17, 15) is 4.79 Å². The Labute approximate surface area is 143 Å². The van der Waals surface area contributed by atoms with Gasteiger partial charge in [0.1, 0.15) is 5.75 Å². The molecule has 24 heavy (non-hydrogen) atoms. The predicted molar refractivity (Wildman–Crippen MR) is 97.6 cm³/mol. The van der Waals surface area contributed by atoms with Crippen molar-refractivity contribution in [3.63, 3.8) is 0 Å². The van der Waals surface area contributed by atoms with E-state index in [2.05, 4.69) is 16.6 Å². The quantitative estimate of drug-likeness (QED) is 0.622. The summed E-state index contributed by atoms with van der Waals surface area (Å²) in [4.78, 5) is 11.8. The van der Waals surface area contributed by atoms with E-state index in [1.807, 2.05) is 50.2 Å². The Morgan fingerprint density at radius 2 is 1.92 bits per heavy atom. The topological polar surface area (TPSA) is 50.7 Å². The van der Waals surface area contributed by atoms with Crippen LogP contribution in [0.5, 0.6) is 5.75 Å². The number of nitrogens with one attached hydrogen (secondary N) is 1. The molecule has 126 valence electrons. The van der Waals surface area contributed by atoms with Gasteiger partial charge in [0.2, 0.25) is 5.91 Å². The lowest BCUT2D eigenvalue weighted by atomic mass is 10.1. The van der Waals surface area contributed by atoms with Crippen molar-refractivity contribution in [2.24, 2.45) is 5.10 Å². The van der Waals surface area contributed by atoms with Gasteiger partial charge >= 0.3 is 0 Å². The molecule has 1 amide bonds. The van der Waals surface area contributed by atoms with Gasteiger partial charge in [-0.2, -0.15) is 5.10 Å². The molecule has 0 aromatic heterocycles. The molecule has 2 aromatic carbocycles. The number of hydrazone groups is 1. The minimum atomic E-state index is -0.0661. The Kier molecular flexibility index (Phi) is 6.55. The molecular formula is C20H24N2O2. The summed E-state index contributed by atoms with van der Waals surface area (Å²) < 4.78 is 5.25. The van der Waals surface area contributed by atoms with Crippen LogP contribution in [-0.4, -0.2) is 19.2 Å². The monoisotopic (exact) mass is 324 g/mol. The van der Waals surface area contributed by atoms with Gasteiger partial charge in [-0.25, -0.2) is 5.43 Å². The van der Waals surface area contributed by atoms with Crippen molar-refractivity contribution in [1.82, 2.24) is 5.43 Å². The molecule has 1 N–H and O–H groups in total. The zero-order chi connectivity index (χ0) is 17.4. The minimum Gasteiger partial charge on any atom is -0.496 e. The third-order valence-corrected chi connectivity index (χ3v) is 3.81. The van der Waals surface area contributed by atoms with Gasteiger partial charge in [-0.15, -0.1) is 0 Å². The smallest absolute Gasteiger partial charge is 0.240 e. The fraction of sp³-hybridized carbons (Fsp3) is 0.300. The second-order valence-electron chi connectivity index (χ2n) is 5.86. The predicted octanol–water partition coefficient (Wildman–Crippen LogP) is 3.79. The van der Waals surface area contributed by atoms with Crippen molar-refractivity contribution in [2.45, 2.75) is 33.1 Å². The first kappa shape index (κ1) is 17.7. The van der Waals surface area contributed by atoms with E-state index in [1.165, 1.54) is 11.1 Å². The summed E-state index contributed by atoms with van der Waals surface area (Å²) in [5.74, 6) is 0.825. The zero-order valence-corrected chi connectivity index (χ0v) is 14.5. The molecule has 0 radical (unpaired) electrons. The van der Waals surface area contributed by atoms with Crippen LogP contribution in [-0.2, 0) is 11.2 Å². The summed E-state index contributed by atoms with van der Waals surface area (Å²) in [6.07, 6.45) is 3.76. The summed E-state index contributed by atoms with van der Waals surface area (Å²) in [6.45, 7) is 4.06. The number of rotatable bonds is 7. The highest BCUT2D eigenvalue weighted by Gasteiger charge is 2.03. The van der Waals surface area contributed by atoms with Crippen LogP contribution in [0.3, 0.4) is 0 Å². The number of methoxy groups -OCH3 is 1. The molecule has 0 saturated heterocycles. The second kappa shape index (κ2) is 8.87. The summed E-state index contributed by atoms with van der Waals surface area (Å²) >= 11 is 0. The third kappa shape index (κ3) is 5.54. The number of carbonyl (C=O) groups excluding carboxylic acids is 1. The number of carbonyl (C=O) groups is 1. The van der Waals surface area contributed by atoms with Crippen molar-refractivity contribution in [2.75, 3.05) is 7.11 Å². The molecule has 0 spiro atoms. The van der Waals surface area contributed by atoms with Gasteiger partial charge in [0.25, 0.3) is 0 Å². The molecule has 2 aromatic rings. The first-order valence-corrected chi connectivity index (χ1v) is 8.10. The van der Waals surface area contributed by atoms with Gasteiger partial charge in [0.15, 0.2) is 0 Å². The van der Waals surface area contributed by atoms with Gasteiger partial charge in [0.05, 0.1) is 13.3 Å². The Bertz CT molecular complexity index is 706. The van der Waals surface area contributed by atoms with Crippen molar-refractivity contribution >= 4 is 12.1 Å². The molecule has 0 aliphatic rings. The van der Waals surface area contributed by atoms with E-state index < -0.39 is 0 Å². The Morgan fingerprint density at radius 1 is 1.17 bits per heavy atom. The maximum absolute atomic E-state index is 11.8. The van der Waals surface area contributed by atoms with E-state index in [1.54, 1.807) is 13.3 Å². The van der Waals surface area contributed by atoms with E-state index in [-0.39, 0.29) is 5.91 Å². The molecule has 0 fully saturated rings. The Morgan fingerprint density at radius 3 is 2.58 bits per heavy atom. The second-order valence-corrected chi connectivity index (χ2v) is 5.86. The number of ether oxygens (including phenoxy) is 1. The van der Waals surface area contributed by atoms with Crippen molar-refractivity contribution in [1.29, 1.82) is 0 Å². The molecule has 0 atom stereocenters. The summed E-state index contributed by atoms with van der Waals surface area (Å²) in [7, 11) is 1.67. The SMILES string of the molecule is COc1ccc(CCCC(=O)N/N=C/c2ccc(C)cc2)cc1C. The lowest BCUT2D eigenvalue weighted by molar-refractivity contribution is -0.121. The highest BCUT2D eigenvalue weighted by Crippen LogP contribution is 2.19. The standard InChI is InChI=1S/C20H24N2O2/c1-15-7-9-18(10-8-15)14-21-22-20(23)6-4-5-17-11-12-19(24-3)16(2)13-17/h7-14H,4-6H2,1-3H3,(H,22,23)/b21-14+. The van der Waals surface area contributed by atoms with E-state index in [0.29, 0.717) is 6.42 Å². The van der Waals surface area contributed by atoms with E-state index in [0.717, 1.165) is 29.7 Å². The van der Waals surface area contributed by atoms with Crippen LogP contribution >= 0.6 is 0 Å². The first-order chi connectivity index (χ1) is 11.6. The number of nitrogens with zero attached hydrogens (tertiary/aromatic N) is 1. The maximum Gasteiger partial charge on any atom is 0.240 e. The summed E-state index contributed by atoms with van der Waals surface area (Å²) in [6, 6.07) is 14.1. The van der Waals surface area contributed by atoms with Crippen LogP contribution in [0.15, 0.2) is 47.6 Å². The first-order valence-electron chi connectivity index (χ1n) is 8.10. The fourth-order valence-electron chi connectivity index (χ4n) is 2.44. The molecule has 4 heteroatoms. The van der Waals surface area contributed by atoms with E-state index in [4.69, 9.17) is 4.74 Å². The van der Waals surface area contributed by atoms with Crippen LogP contribution in [0, 0.1) is 13.8 Å². The minimum absolute atomic E-state index is 0.0661. The Balaban J connectivity index is 1.73. The molecule has 0 heterocycles. The molecule has 2 rings (SSSR count). The van der Waals surface area contributed by atoms with Crippen LogP contribution < -0.4 is 10.2 Å².